The third kappa shape index (κ3) is 5.13. The van der Waals surface area contributed by atoms with E-state index in [0.29, 0.717) is 11.8 Å². The summed E-state index contributed by atoms with van der Waals surface area (Å²) in [7, 11) is 0. The zero-order valence-corrected chi connectivity index (χ0v) is 21.8. The van der Waals surface area contributed by atoms with Crippen molar-refractivity contribution in [1.29, 1.82) is 0 Å². The third-order valence-corrected chi connectivity index (χ3v) is 9.80. The molecule has 4 fully saturated rings. The van der Waals surface area contributed by atoms with Crippen LogP contribution in [-0.4, -0.2) is 64.8 Å². The first-order valence-corrected chi connectivity index (χ1v) is 15.5. The second-order valence-corrected chi connectivity index (χ2v) is 12.9. The van der Waals surface area contributed by atoms with Crippen LogP contribution in [-0.2, 0) is 13.1 Å². The lowest BCUT2D eigenvalue weighted by Gasteiger charge is -2.29. The molecule has 2 aromatic carbocycles. The molecule has 0 amide bonds. The van der Waals surface area contributed by atoms with Crippen LogP contribution in [0.1, 0.15) is 75.7 Å². The highest BCUT2D eigenvalue weighted by molar-refractivity contribution is 7.99. The van der Waals surface area contributed by atoms with Crippen LogP contribution in [0.5, 0.6) is 0 Å². The fourth-order valence-corrected chi connectivity index (χ4v) is 7.61. The molecule has 0 unspecified atom stereocenters. The second-order valence-electron chi connectivity index (χ2n) is 10.4. The average Bonchev–Trinajstić information content (AvgIpc) is 3.79. The Hall–Kier alpha value is -1.27. The van der Waals surface area contributed by atoms with Gasteiger partial charge in [-0.2, -0.15) is 23.5 Å². The van der Waals surface area contributed by atoms with E-state index >= 15 is 0 Å². The summed E-state index contributed by atoms with van der Waals surface area (Å²) in [6, 6.07) is 13.1. The molecular weight excluding hydrogens is 456 g/mol. The molecule has 4 aliphatic rings. The number of hydrogen-bond acceptors (Lipinski definition) is 5. The number of benzene rings is 2. The van der Waals surface area contributed by atoms with Gasteiger partial charge in [-0.05, 0) is 59.8 Å². The SMILES string of the molecule is O=C(c1cccc(C2CC2)c1CN1CCSCC1)c1cccc(C2CC2)c1CN1CCSCC1. The van der Waals surface area contributed by atoms with Gasteiger partial charge in [0.2, 0.25) is 0 Å². The smallest absolute Gasteiger partial charge is 0.193 e. The van der Waals surface area contributed by atoms with E-state index in [1.54, 1.807) is 0 Å². The van der Waals surface area contributed by atoms with E-state index in [4.69, 9.17) is 0 Å². The summed E-state index contributed by atoms with van der Waals surface area (Å²) in [5.41, 5.74) is 7.45. The summed E-state index contributed by atoms with van der Waals surface area (Å²) < 4.78 is 0. The molecule has 2 aliphatic heterocycles. The van der Waals surface area contributed by atoms with Crippen LogP contribution >= 0.6 is 23.5 Å². The van der Waals surface area contributed by atoms with Gasteiger partial charge in [0.1, 0.15) is 0 Å². The Morgan fingerprint density at radius 3 is 1.47 bits per heavy atom. The maximum absolute atomic E-state index is 14.3. The first-order chi connectivity index (χ1) is 16.8. The molecule has 5 heteroatoms. The number of thioether (sulfide) groups is 2. The van der Waals surface area contributed by atoms with E-state index in [9.17, 15) is 4.79 Å². The molecule has 6 rings (SSSR count). The first-order valence-electron chi connectivity index (χ1n) is 13.2. The molecule has 0 radical (unpaired) electrons. The van der Waals surface area contributed by atoms with Crippen LogP contribution in [0.3, 0.4) is 0 Å². The van der Waals surface area contributed by atoms with E-state index in [-0.39, 0.29) is 5.78 Å². The highest BCUT2D eigenvalue weighted by Crippen LogP contribution is 2.45. The maximum Gasteiger partial charge on any atom is 0.193 e. The molecule has 2 saturated carbocycles. The number of rotatable bonds is 8. The van der Waals surface area contributed by atoms with E-state index in [1.807, 2.05) is 0 Å². The highest BCUT2D eigenvalue weighted by Gasteiger charge is 2.32. The number of nitrogens with zero attached hydrogens (tertiary/aromatic N) is 2. The van der Waals surface area contributed by atoms with Gasteiger partial charge in [0, 0.05) is 73.4 Å². The summed E-state index contributed by atoms with van der Waals surface area (Å²) in [4.78, 5) is 19.5. The van der Waals surface area contributed by atoms with Crippen LogP contribution in [0.25, 0.3) is 0 Å². The van der Waals surface area contributed by atoms with Crippen molar-refractivity contribution < 1.29 is 4.79 Å². The van der Waals surface area contributed by atoms with Crippen LogP contribution < -0.4 is 0 Å². The van der Waals surface area contributed by atoms with Crippen molar-refractivity contribution in [2.24, 2.45) is 0 Å². The number of carbonyl (C=O) groups excluding carboxylic acids is 1. The largest absolute Gasteiger partial charge is 0.297 e. The lowest BCUT2D eigenvalue weighted by molar-refractivity contribution is 0.103. The molecule has 0 atom stereocenters. The normalized spacial score (nSPS) is 22.1. The Kier molecular flexibility index (Phi) is 7.07. The van der Waals surface area contributed by atoms with Crippen LogP contribution in [0.2, 0.25) is 0 Å². The number of ketones is 1. The van der Waals surface area contributed by atoms with E-state index in [1.165, 1.54) is 70.9 Å². The number of carbonyl (C=O) groups is 1. The molecule has 2 aromatic rings. The molecule has 0 aromatic heterocycles. The molecule has 180 valence electrons. The van der Waals surface area contributed by atoms with Gasteiger partial charge in [0.25, 0.3) is 0 Å². The predicted molar refractivity (Wildman–Crippen MR) is 145 cm³/mol. The Bertz CT molecular complexity index is 953. The zero-order valence-electron chi connectivity index (χ0n) is 20.1. The quantitative estimate of drug-likeness (QED) is 0.436. The maximum atomic E-state index is 14.3. The van der Waals surface area contributed by atoms with E-state index in [0.717, 1.165) is 50.4 Å². The van der Waals surface area contributed by atoms with Gasteiger partial charge in [-0.1, -0.05) is 36.4 Å². The first kappa shape index (κ1) is 23.1. The molecule has 0 bridgehead atoms. The van der Waals surface area contributed by atoms with Gasteiger partial charge in [-0.25, -0.2) is 0 Å². The summed E-state index contributed by atoms with van der Waals surface area (Å²) >= 11 is 4.11. The Labute approximate surface area is 213 Å². The van der Waals surface area contributed by atoms with E-state index < -0.39 is 0 Å². The van der Waals surface area contributed by atoms with Crippen molar-refractivity contribution in [1.82, 2.24) is 9.80 Å². The van der Waals surface area contributed by atoms with Gasteiger partial charge in [-0.3, -0.25) is 14.6 Å². The molecule has 2 saturated heterocycles. The molecular formula is C29H36N2OS2. The van der Waals surface area contributed by atoms with Crippen LogP contribution in [0, 0.1) is 0 Å². The molecule has 34 heavy (non-hydrogen) atoms. The monoisotopic (exact) mass is 492 g/mol. The van der Waals surface area contributed by atoms with E-state index in [2.05, 4.69) is 69.7 Å². The van der Waals surface area contributed by atoms with Crippen molar-refractivity contribution in [3.63, 3.8) is 0 Å². The third-order valence-electron chi connectivity index (χ3n) is 7.92. The number of hydrogen-bond donors (Lipinski definition) is 0. The summed E-state index contributed by atoms with van der Waals surface area (Å²) in [5, 5.41) is 0. The lowest BCUT2D eigenvalue weighted by atomic mass is 9.88. The second kappa shape index (κ2) is 10.4. The Morgan fingerprint density at radius 1 is 0.676 bits per heavy atom. The summed E-state index contributed by atoms with van der Waals surface area (Å²) in [5.74, 6) is 6.39. The summed E-state index contributed by atoms with van der Waals surface area (Å²) in [6.07, 6.45) is 5.09. The highest BCUT2D eigenvalue weighted by atomic mass is 32.2. The fraction of sp³-hybridized carbons (Fsp3) is 0.552. The van der Waals surface area contributed by atoms with Crippen molar-refractivity contribution in [3.8, 4) is 0 Å². The van der Waals surface area contributed by atoms with Crippen molar-refractivity contribution >= 4 is 29.3 Å². The molecule has 0 spiro atoms. The van der Waals surface area contributed by atoms with Gasteiger partial charge < -0.3 is 0 Å². The fourth-order valence-electron chi connectivity index (χ4n) is 5.65. The Balaban J connectivity index is 1.37. The summed E-state index contributed by atoms with van der Waals surface area (Å²) in [6.45, 7) is 6.38. The minimum absolute atomic E-state index is 0.257. The average molecular weight is 493 g/mol. The minimum atomic E-state index is 0.257. The van der Waals surface area contributed by atoms with Crippen molar-refractivity contribution in [2.45, 2.75) is 50.6 Å². The predicted octanol–water partition coefficient (Wildman–Crippen LogP) is 5.77. The van der Waals surface area contributed by atoms with Crippen LogP contribution in [0.15, 0.2) is 36.4 Å². The van der Waals surface area contributed by atoms with Gasteiger partial charge in [-0.15, -0.1) is 0 Å². The minimum Gasteiger partial charge on any atom is -0.297 e. The van der Waals surface area contributed by atoms with Crippen LogP contribution in [0.4, 0.5) is 0 Å². The zero-order chi connectivity index (χ0) is 22.9. The van der Waals surface area contributed by atoms with Crippen molar-refractivity contribution in [2.75, 3.05) is 49.2 Å². The molecule has 2 heterocycles. The topological polar surface area (TPSA) is 23.6 Å². The molecule has 3 nitrogen and oxygen atoms in total. The molecule has 2 aliphatic carbocycles. The van der Waals surface area contributed by atoms with Gasteiger partial charge >= 0.3 is 0 Å². The molecule has 0 N–H and O–H groups in total. The van der Waals surface area contributed by atoms with Crippen molar-refractivity contribution in [3.05, 3.63) is 69.8 Å². The lowest BCUT2D eigenvalue weighted by Crippen LogP contribution is -2.33. The van der Waals surface area contributed by atoms with Gasteiger partial charge in [0.15, 0.2) is 5.78 Å². The Morgan fingerprint density at radius 2 is 1.09 bits per heavy atom. The van der Waals surface area contributed by atoms with Gasteiger partial charge in [0.05, 0.1) is 0 Å². The standard InChI is InChI=1S/C29H36N2OS2/c32-29(25-5-1-3-23(21-7-8-21)27(25)19-30-11-15-33-16-12-30)26-6-2-4-24(22-9-10-22)28(26)20-31-13-17-34-18-14-31/h1-6,21-22H,7-20H2.